The molecule has 0 unspecified atom stereocenters. The summed E-state index contributed by atoms with van der Waals surface area (Å²) in [6.45, 7) is -0.621. The number of thiophene rings is 1. The highest BCUT2D eigenvalue weighted by atomic mass is 32.1. The van der Waals surface area contributed by atoms with Crippen LogP contribution in [0, 0.1) is 0 Å². The molecule has 0 aliphatic carbocycles. The maximum atomic E-state index is 13.4. The Morgan fingerprint density at radius 2 is 2.03 bits per heavy atom. The number of primary amides is 1. The molecule has 4 rings (SSSR count). The SMILES string of the molecule is NC(=O)c1sc2nc(C(F)F)cc(-c3ccco3)c2c1NC(=O)Cn1ccc(C(F)(F)F)n1. The van der Waals surface area contributed by atoms with E-state index in [2.05, 4.69) is 15.4 Å². The Kier molecular flexibility index (Phi) is 5.61. The summed E-state index contributed by atoms with van der Waals surface area (Å²) in [5.41, 5.74) is 3.64. The number of hydrogen-bond donors (Lipinski definition) is 2. The van der Waals surface area contributed by atoms with Gasteiger partial charge in [0.05, 0.1) is 12.0 Å². The molecule has 0 radical (unpaired) electrons. The molecule has 14 heteroatoms. The van der Waals surface area contributed by atoms with Gasteiger partial charge < -0.3 is 15.5 Å². The van der Waals surface area contributed by atoms with Crippen molar-refractivity contribution in [3.8, 4) is 11.3 Å². The Morgan fingerprint density at radius 3 is 2.61 bits per heavy atom. The average molecular weight is 485 g/mol. The predicted octanol–water partition coefficient (Wildman–Crippen LogP) is 4.45. The van der Waals surface area contributed by atoms with Crippen LogP contribution in [-0.4, -0.2) is 26.6 Å². The highest BCUT2D eigenvalue weighted by molar-refractivity contribution is 7.21. The number of halogens is 5. The van der Waals surface area contributed by atoms with Crippen LogP contribution in [0.1, 0.15) is 27.5 Å². The molecule has 0 atom stereocenters. The second-order valence-corrected chi connectivity index (χ2v) is 7.67. The molecule has 0 spiro atoms. The van der Waals surface area contributed by atoms with Crippen molar-refractivity contribution in [1.29, 1.82) is 0 Å². The molecule has 4 heterocycles. The average Bonchev–Trinajstić information content (AvgIpc) is 3.46. The van der Waals surface area contributed by atoms with Crippen LogP contribution < -0.4 is 11.1 Å². The van der Waals surface area contributed by atoms with Crippen LogP contribution >= 0.6 is 11.3 Å². The number of alkyl halides is 5. The first kappa shape index (κ1) is 22.4. The van der Waals surface area contributed by atoms with Crippen LogP contribution in [0.15, 0.2) is 41.1 Å². The van der Waals surface area contributed by atoms with E-state index in [1.165, 1.54) is 18.4 Å². The normalized spacial score (nSPS) is 11.9. The minimum absolute atomic E-state index is 0.0123. The van der Waals surface area contributed by atoms with E-state index in [0.717, 1.165) is 16.9 Å². The molecule has 0 bridgehead atoms. The molecular weight excluding hydrogens is 473 g/mol. The fraction of sp³-hybridized carbons (Fsp3) is 0.158. The van der Waals surface area contributed by atoms with Crippen molar-refractivity contribution in [3.63, 3.8) is 0 Å². The van der Waals surface area contributed by atoms with Gasteiger partial charge in [-0.1, -0.05) is 0 Å². The molecule has 0 aliphatic rings. The summed E-state index contributed by atoms with van der Waals surface area (Å²) in [5.74, 6) is -1.64. The van der Waals surface area contributed by atoms with E-state index in [1.807, 2.05) is 0 Å². The third-order valence-corrected chi connectivity index (χ3v) is 5.52. The summed E-state index contributed by atoms with van der Waals surface area (Å²) >= 11 is 0.684. The van der Waals surface area contributed by atoms with Gasteiger partial charge in [0.25, 0.3) is 12.3 Å². The molecule has 0 fully saturated rings. The molecule has 4 aromatic heterocycles. The van der Waals surface area contributed by atoms with Gasteiger partial charge >= 0.3 is 6.18 Å². The van der Waals surface area contributed by atoms with Gasteiger partial charge in [0.2, 0.25) is 5.91 Å². The molecule has 172 valence electrons. The van der Waals surface area contributed by atoms with Crippen molar-refractivity contribution < 1.29 is 36.0 Å². The molecule has 0 saturated heterocycles. The highest BCUT2D eigenvalue weighted by Gasteiger charge is 2.33. The minimum atomic E-state index is -4.68. The first-order chi connectivity index (χ1) is 15.5. The lowest BCUT2D eigenvalue weighted by molar-refractivity contribution is -0.141. The van der Waals surface area contributed by atoms with Crippen molar-refractivity contribution in [2.24, 2.45) is 5.73 Å². The van der Waals surface area contributed by atoms with Gasteiger partial charge in [-0.15, -0.1) is 11.3 Å². The number of hydrogen-bond acceptors (Lipinski definition) is 6. The lowest BCUT2D eigenvalue weighted by atomic mass is 10.1. The number of fused-ring (bicyclic) bond motifs is 1. The summed E-state index contributed by atoms with van der Waals surface area (Å²) in [4.78, 5) is 28.2. The van der Waals surface area contributed by atoms with Crippen molar-refractivity contribution in [3.05, 3.63) is 53.0 Å². The number of aromatic nitrogens is 3. The third kappa shape index (κ3) is 4.41. The Hall–Kier alpha value is -3.81. The summed E-state index contributed by atoms with van der Waals surface area (Å²) in [5, 5.41) is 5.84. The topological polar surface area (TPSA) is 116 Å². The number of carbonyl (C=O) groups excluding carboxylic acids is 2. The number of furan rings is 1. The Bertz CT molecular complexity index is 1340. The van der Waals surface area contributed by atoms with E-state index in [0.29, 0.717) is 17.4 Å². The van der Waals surface area contributed by atoms with Gasteiger partial charge in [-0.25, -0.2) is 13.8 Å². The number of nitrogens with one attached hydrogen (secondary N) is 1. The highest BCUT2D eigenvalue weighted by Crippen LogP contribution is 2.42. The third-order valence-electron chi connectivity index (χ3n) is 4.42. The maximum absolute atomic E-state index is 13.4. The summed E-state index contributed by atoms with van der Waals surface area (Å²) in [6, 6.07) is 4.76. The molecule has 0 saturated carbocycles. The second-order valence-electron chi connectivity index (χ2n) is 6.67. The van der Waals surface area contributed by atoms with Crippen molar-refractivity contribution >= 4 is 39.1 Å². The number of rotatable bonds is 6. The molecule has 4 aromatic rings. The van der Waals surface area contributed by atoms with Crippen LogP contribution in [0.25, 0.3) is 21.5 Å². The maximum Gasteiger partial charge on any atom is 0.435 e. The summed E-state index contributed by atoms with van der Waals surface area (Å²) in [6.07, 6.45) is -5.34. The summed E-state index contributed by atoms with van der Waals surface area (Å²) < 4.78 is 71.0. The number of nitrogens with two attached hydrogens (primary N) is 1. The molecule has 33 heavy (non-hydrogen) atoms. The van der Waals surface area contributed by atoms with Gasteiger partial charge in [0, 0.05) is 17.1 Å². The zero-order valence-electron chi connectivity index (χ0n) is 16.2. The van der Waals surface area contributed by atoms with Crippen LogP contribution in [0.5, 0.6) is 0 Å². The molecule has 0 aliphatic heterocycles. The lowest BCUT2D eigenvalue weighted by Crippen LogP contribution is -2.21. The van der Waals surface area contributed by atoms with Gasteiger partial charge in [-0.3, -0.25) is 14.3 Å². The minimum Gasteiger partial charge on any atom is -0.464 e. The molecular formula is C19H12F5N5O3S. The molecule has 8 nitrogen and oxygen atoms in total. The van der Waals surface area contributed by atoms with Crippen LogP contribution in [0.2, 0.25) is 0 Å². The fourth-order valence-electron chi connectivity index (χ4n) is 3.08. The Labute approximate surface area is 184 Å². The lowest BCUT2D eigenvalue weighted by Gasteiger charge is -2.10. The van der Waals surface area contributed by atoms with Crippen molar-refractivity contribution in [2.45, 2.75) is 19.1 Å². The number of pyridine rings is 1. The monoisotopic (exact) mass is 485 g/mol. The van der Waals surface area contributed by atoms with Crippen molar-refractivity contribution in [1.82, 2.24) is 14.8 Å². The first-order valence-corrected chi connectivity index (χ1v) is 9.86. The van der Waals surface area contributed by atoms with Gasteiger partial charge in [0.1, 0.15) is 27.7 Å². The van der Waals surface area contributed by atoms with Crippen LogP contribution in [0.3, 0.4) is 0 Å². The van der Waals surface area contributed by atoms with Crippen LogP contribution in [0.4, 0.5) is 27.6 Å². The van der Waals surface area contributed by atoms with Gasteiger partial charge in [-0.2, -0.15) is 18.3 Å². The zero-order valence-corrected chi connectivity index (χ0v) is 17.0. The quantitative estimate of drug-likeness (QED) is 0.392. The van der Waals surface area contributed by atoms with E-state index in [9.17, 15) is 31.5 Å². The number of anilines is 1. The van der Waals surface area contributed by atoms with Gasteiger partial charge in [0.15, 0.2) is 5.69 Å². The number of carbonyl (C=O) groups is 2. The first-order valence-electron chi connectivity index (χ1n) is 9.04. The predicted molar refractivity (Wildman–Crippen MR) is 107 cm³/mol. The summed E-state index contributed by atoms with van der Waals surface area (Å²) in [7, 11) is 0. The van der Waals surface area contributed by atoms with Gasteiger partial charge in [-0.05, 0) is 24.3 Å². The largest absolute Gasteiger partial charge is 0.464 e. The molecule has 2 amide bonds. The van der Waals surface area contributed by atoms with Crippen molar-refractivity contribution in [2.75, 3.05) is 5.32 Å². The van der Waals surface area contributed by atoms with E-state index in [1.54, 1.807) is 0 Å². The number of nitrogens with zero attached hydrogens (tertiary/aromatic N) is 3. The van der Waals surface area contributed by atoms with E-state index >= 15 is 0 Å². The smallest absolute Gasteiger partial charge is 0.435 e. The molecule has 0 aromatic carbocycles. The Balaban J connectivity index is 1.77. The van der Waals surface area contributed by atoms with Crippen LogP contribution in [-0.2, 0) is 17.5 Å². The number of amides is 2. The Morgan fingerprint density at radius 1 is 1.27 bits per heavy atom. The second kappa shape index (κ2) is 8.27. The standard InChI is InChI=1S/C19H12F5N5O3S/c20-16(21)9-6-8(10-2-1-5-32-10)13-14(15(17(25)31)33-18(13)26-9)27-12(30)7-29-4-3-11(28-29)19(22,23)24/h1-6,16H,7H2,(H2,25,31)(H,27,30). The zero-order chi connectivity index (χ0) is 23.9. The molecule has 3 N–H and O–H groups in total. The fourth-order valence-corrected chi connectivity index (χ4v) is 4.09. The van der Waals surface area contributed by atoms with E-state index in [-0.39, 0.29) is 32.1 Å². The van der Waals surface area contributed by atoms with E-state index in [4.69, 9.17) is 10.2 Å². The van der Waals surface area contributed by atoms with E-state index < -0.39 is 42.3 Å².